The number of hydrogen-bond acceptors (Lipinski definition) is 4. The van der Waals surface area contributed by atoms with Crippen LogP contribution in [-0.2, 0) is 4.79 Å². The summed E-state index contributed by atoms with van der Waals surface area (Å²) in [4.78, 5) is 10.00. The minimum absolute atomic E-state index is 0.599. The fourth-order valence-electron chi connectivity index (χ4n) is 0.839. The second-order valence-corrected chi connectivity index (χ2v) is 3.49. The molecule has 0 atom stereocenters. The van der Waals surface area contributed by atoms with Gasteiger partial charge >= 0.3 is 0 Å². The summed E-state index contributed by atoms with van der Waals surface area (Å²) in [6.07, 6.45) is 3.06. The Kier molecular flexibility index (Phi) is 1.58. The van der Waals surface area contributed by atoms with E-state index in [0.29, 0.717) is 17.5 Å². The molecule has 0 spiro atoms. The van der Waals surface area contributed by atoms with Crippen molar-refractivity contribution in [2.45, 2.75) is 18.8 Å². The fraction of sp³-hybridized carbons (Fsp3) is 0.500. The molecule has 5 heteroatoms. The first-order valence-corrected chi connectivity index (χ1v) is 4.25. The third kappa shape index (κ3) is 1.37. The van der Waals surface area contributed by atoms with Crippen LogP contribution in [0.5, 0.6) is 0 Å². The summed E-state index contributed by atoms with van der Waals surface area (Å²) < 4.78 is 0. The second-order valence-electron chi connectivity index (χ2n) is 2.48. The molecule has 1 N–H and O–H groups in total. The Labute approximate surface area is 67.6 Å². The Bertz CT molecular complexity index is 269. The van der Waals surface area contributed by atoms with E-state index in [1.54, 1.807) is 0 Å². The predicted octanol–water partition coefficient (Wildman–Crippen LogP) is 0.984. The largest absolute Gasteiger partial charge is 0.303 e. The normalized spacial score (nSPS) is 16.4. The number of carbonyl (C=O) groups excluding carboxylic acids is 1. The molecule has 1 aliphatic carbocycles. The van der Waals surface area contributed by atoms with E-state index in [9.17, 15) is 4.79 Å². The third-order valence-corrected chi connectivity index (χ3v) is 2.57. The van der Waals surface area contributed by atoms with Gasteiger partial charge in [-0.15, -0.1) is 10.2 Å². The topological polar surface area (TPSA) is 54.9 Å². The number of amides is 1. The molecule has 58 valence electrons. The van der Waals surface area contributed by atoms with E-state index in [1.807, 2.05) is 0 Å². The summed E-state index contributed by atoms with van der Waals surface area (Å²) in [6, 6.07) is 0. The average molecular weight is 169 g/mol. The highest BCUT2D eigenvalue weighted by molar-refractivity contribution is 7.15. The van der Waals surface area contributed by atoms with Crippen LogP contribution in [0.1, 0.15) is 23.8 Å². The van der Waals surface area contributed by atoms with Gasteiger partial charge in [0.25, 0.3) is 0 Å². The van der Waals surface area contributed by atoms with Crippen molar-refractivity contribution in [2.75, 3.05) is 5.32 Å². The Balaban J connectivity index is 2.11. The predicted molar refractivity (Wildman–Crippen MR) is 41.6 cm³/mol. The number of anilines is 1. The van der Waals surface area contributed by atoms with Gasteiger partial charge in [-0.05, 0) is 12.8 Å². The van der Waals surface area contributed by atoms with Crippen molar-refractivity contribution in [3.05, 3.63) is 5.01 Å². The van der Waals surface area contributed by atoms with Crippen molar-refractivity contribution in [2.24, 2.45) is 0 Å². The highest BCUT2D eigenvalue weighted by Gasteiger charge is 2.27. The molecule has 0 bridgehead atoms. The maximum absolute atomic E-state index is 10.00. The Hall–Kier alpha value is -0.970. The molecule has 0 unspecified atom stereocenters. The number of carbonyl (C=O) groups is 1. The highest BCUT2D eigenvalue weighted by Crippen LogP contribution is 2.41. The molecule has 1 amide bonds. The molecule has 0 saturated heterocycles. The average Bonchev–Trinajstić information content (AvgIpc) is 2.75. The van der Waals surface area contributed by atoms with Gasteiger partial charge in [0.15, 0.2) is 0 Å². The van der Waals surface area contributed by atoms with E-state index in [4.69, 9.17) is 0 Å². The lowest BCUT2D eigenvalue weighted by Crippen LogP contribution is -1.91. The monoisotopic (exact) mass is 169 g/mol. The molecule has 1 heterocycles. The van der Waals surface area contributed by atoms with Gasteiger partial charge in [-0.3, -0.25) is 4.79 Å². The molecule has 4 nitrogen and oxygen atoms in total. The van der Waals surface area contributed by atoms with Crippen molar-refractivity contribution < 1.29 is 4.79 Å². The standard InChI is InChI=1S/C6H7N3OS/c10-3-7-6-9-8-5(11-6)4-1-2-4/h3-4H,1-2H2,(H,7,9,10). The highest BCUT2D eigenvalue weighted by atomic mass is 32.1. The molecule has 1 aromatic heterocycles. The number of hydrogen-bond donors (Lipinski definition) is 1. The SMILES string of the molecule is O=CNc1nnc(C2CC2)s1. The molecule has 1 aliphatic rings. The lowest BCUT2D eigenvalue weighted by atomic mass is 10.5. The van der Waals surface area contributed by atoms with E-state index in [0.717, 1.165) is 5.01 Å². The minimum Gasteiger partial charge on any atom is -0.303 e. The van der Waals surface area contributed by atoms with Crippen LogP contribution >= 0.6 is 11.3 Å². The summed E-state index contributed by atoms with van der Waals surface area (Å²) in [7, 11) is 0. The van der Waals surface area contributed by atoms with Crippen LogP contribution in [0, 0.1) is 0 Å². The zero-order valence-electron chi connectivity index (χ0n) is 5.78. The van der Waals surface area contributed by atoms with Crippen LogP contribution in [0.25, 0.3) is 0 Å². The second kappa shape index (κ2) is 2.58. The van der Waals surface area contributed by atoms with E-state index < -0.39 is 0 Å². The van der Waals surface area contributed by atoms with Crippen molar-refractivity contribution >= 4 is 22.9 Å². The first kappa shape index (κ1) is 6.72. The van der Waals surface area contributed by atoms with Crippen LogP contribution in [0.4, 0.5) is 5.13 Å². The van der Waals surface area contributed by atoms with Gasteiger partial charge in [-0.2, -0.15) is 0 Å². The smallest absolute Gasteiger partial charge is 0.213 e. The Morgan fingerprint density at radius 1 is 1.55 bits per heavy atom. The summed E-state index contributed by atoms with van der Waals surface area (Å²) in [5.74, 6) is 0.620. The van der Waals surface area contributed by atoms with Gasteiger partial charge < -0.3 is 5.32 Å². The van der Waals surface area contributed by atoms with Gasteiger partial charge in [0.2, 0.25) is 11.5 Å². The van der Waals surface area contributed by atoms with Crippen LogP contribution in [0.2, 0.25) is 0 Å². The fourth-order valence-corrected chi connectivity index (χ4v) is 1.71. The quantitative estimate of drug-likeness (QED) is 0.686. The molecule has 0 aliphatic heterocycles. The van der Waals surface area contributed by atoms with Gasteiger partial charge in [0.05, 0.1) is 0 Å². The van der Waals surface area contributed by atoms with Crippen molar-refractivity contribution in [3.8, 4) is 0 Å². The Morgan fingerprint density at radius 3 is 3.00 bits per heavy atom. The lowest BCUT2D eigenvalue weighted by Gasteiger charge is -1.83. The summed E-state index contributed by atoms with van der Waals surface area (Å²) in [5.41, 5.74) is 0. The molecule has 2 rings (SSSR count). The first-order chi connectivity index (χ1) is 5.40. The first-order valence-electron chi connectivity index (χ1n) is 3.44. The zero-order chi connectivity index (χ0) is 7.68. The molecule has 1 aromatic rings. The number of rotatable bonds is 3. The van der Waals surface area contributed by atoms with Crippen LogP contribution in [0.15, 0.2) is 0 Å². The van der Waals surface area contributed by atoms with Crippen LogP contribution < -0.4 is 5.32 Å². The number of nitrogens with zero attached hydrogens (tertiary/aromatic N) is 2. The van der Waals surface area contributed by atoms with Crippen molar-refractivity contribution in [3.63, 3.8) is 0 Å². The molecule has 1 saturated carbocycles. The zero-order valence-corrected chi connectivity index (χ0v) is 6.60. The van der Waals surface area contributed by atoms with Gasteiger partial charge in [0.1, 0.15) is 5.01 Å². The maximum atomic E-state index is 10.00. The van der Waals surface area contributed by atoms with Gasteiger partial charge in [-0.1, -0.05) is 11.3 Å². The van der Waals surface area contributed by atoms with Crippen molar-refractivity contribution in [1.29, 1.82) is 0 Å². The summed E-state index contributed by atoms with van der Waals surface area (Å²) in [5, 5.41) is 11.9. The van der Waals surface area contributed by atoms with E-state index >= 15 is 0 Å². The maximum Gasteiger partial charge on any atom is 0.213 e. The minimum atomic E-state index is 0.599. The van der Waals surface area contributed by atoms with E-state index in [-0.39, 0.29) is 0 Å². The van der Waals surface area contributed by atoms with Crippen LogP contribution in [0.3, 0.4) is 0 Å². The molecular weight excluding hydrogens is 162 g/mol. The molecule has 0 radical (unpaired) electrons. The Morgan fingerprint density at radius 2 is 2.36 bits per heavy atom. The van der Waals surface area contributed by atoms with E-state index in [1.165, 1.54) is 24.2 Å². The summed E-state index contributed by atoms with van der Waals surface area (Å²) >= 11 is 1.46. The van der Waals surface area contributed by atoms with Gasteiger partial charge in [0, 0.05) is 5.92 Å². The number of nitrogens with one attached hydrogen (secondary N) is 1. The number of aromatic nitrogens is 2. The van der Waals surface area contributed by atoms with Gasteiger partial charge in [-0.25, -0.2) is 0 Å². The van der Waals surface area contributed by atoms with Crippen LogP contribution in [-0.4, -0.2) is 16.6 Å². The molecule has 11 heavy (non-hydrogen) atoms. The van der Waals surface area contributed by atoms with E-state index in [2.05, 4.69) is 15.5 Å². The lowest BCUT2D eigenvalue weighted by molar-refractivity contribution is -0.105. The van der Waals surface area contributed by atoms with Crippen molar-refractivity contribution in [1.82, 2.24) is 10.2 Å². The summed E-state index contributed by atoms with van der Waals surface area (Å²) in [6.45, 7) is 0. The molecular formula is C6H7N3OS. The third-order valence-electron chi connectivity index (χ3n) is 1.55. The molecule has 1 fully saturated rings. The molecule has 0 aromatic carbocycles.